The fourth-order valence-electron chi connectivity index (χ4n) is 1.64. The summed E-state index contributed by atoms with van der Waals surface area (Å²) in [5.74, 6) is 0.136. The van der Waals surface area contributed by atoms with Crippen molar-refractivity contribution < 1.29 is 9.90 Å². The van der Waals surface area contributed by atoms with E-state index in [4.69, 9.17) is 0 Å². The average Bonchev–Trinajstić information content (AvgIpc) is 2.30. The van der Waals surface area contributed by atoms with Crippen LogP contribution in [0.15, 0.2) is 0 Å². The molecule has 0 aromatic carbocycles. The molecule has 1 fully saturated rings. The number of carbonyl (C=O) groups is 1. The standard InChI is InChI=1S/C10H19NO2/c1-7-8(12)5-6-11(7)9(13)10(2,3)4/h7-8,12H,5-6H2,1-4H3/t7-,8+/m0/s1. The summed E-state index contributed by atoms with van der Waals surface area (Å²) in [7, 11) is 0. The third-order valence-electron chi connectivity index (χ3n) is 2.62. The lowest BCUT2D eigenvalue weighted by Crippen LogP contribution is -2.43. The number of nitrogens with zero attached hydrogens (tertiary/aromatic N) is 1. The Morgan fingerprint density at radius 2 is 2.00 bits per heavy atom. The monoisotopic (exact) mass is 185 g/mol. The van der Waals surface area contributed by atoms with Gasteiger partial charge in [-0.3, -0.25) is 4.79 Å². The summed E-state index contributed by atoms with van der Waals surface area (Å²) in [5, 5.41) is 9.49. The Hall–Kier alpha value is -0.570. The van der Waals surface area contributed by atoms with Gasteiger partial charge in [-0.2, -0.15) is 0 Å². The van der Waals surface area contributed by atoms with Crippen LogP contribution < -0.4 is 0 Å². The molecule has 0 unspecified atom stereocenters. The molecule has 1 rings (SSSR count). The van der Waals surface area contributed by atoms with Gasteiger partial charge in [-0.25, -0.2) is 0 Å². The lowest BCUT2D eigenvalue weighted by Gasteiger charge is -2.29. The van der Waals surface area contributed by atoms with Crippen molar-refractivity contribution in [1.82, 2.24) is 4.90 Å². The van der Waals surface area contributed by atoms with Gasteiger partial charge in [0.25, 0.3) is 0 Å². The van der Waals surface area contributed by atoms with E-state index >= 15 is 0 Å². The smallest absolute Gasteiger partial charge is 0.228 e. The van der Waals surface area contributed by atoms with E-state index < -0.39 is 0 Å². The molecule has 0 bridgehead atoms. The predicted octanol–water partition coefficient (Wildman–Crippen LogP) is 1.01. The van der Waals surface area contributed by atoms with Gasteiger partial charge in [0, 0.05) is 12.0 Å². The van der Waals surface area contributed by atoms with Crippen LogP contribution in [-0.4, -0.2) is 34.6 Å². The number of rotatable bonds is 0. The van der Waals surface area contributed by atoms with Gasteiger partial charge in [0.2, 0.25) is 5.91 Å². The van der Waals surface area contributed by atoms with Crippen molar-refractivity contribution >= 4 is 5.91 Å². The second kappa shape index (κ2) is 3.29. The molecule has 0 aromatic rings. The van der Waals surface area contributed by atoms with Gasteiger partial charge < -0.3 is 10.0 Å². The Morgan fingerprint density at radius 1 is 1.46 bits per heavy atom. The highest BCUT2D eigenvalue weighted by Crippen LogP contribution is 2.25. The average molecular weight is 185 g/mol. The summed E-state index contributed by atoms with van der Waals surface area (Å²) >= 11 is 0. The van der Waals surface area contributed by atoms with Crippen molar-refractivity contribution in [2.75, 3.05) is 6.54 Å². The summed E-state index contributed by atoms with van der Waals surface area (Å²) in [5.41, 5.74) is -0.335. The zero-order valence-electron chi connectivity index (χ0n) is 8.87. The van der Waals surface area contributed by atoms with Crippen LogP contribution in [0.2, 0.25) is 0 Å². The van der Waals surface area contributed by atoms with Crippen LogP contribution in [0.3, 0.4) is 0 Å². The molecular formula is C10H19NO2. The topological polar surface area (TPSA) is 40.5 Å². The normalized spacial score (nSPS) is 29.5. The zero-order valence-corrected chi connectivity index (χ0v) is 8.87. The minimum atomic E-state index is -0.341. The van der Waals surface area contributed by atoms with E-state index in [9.17, 15) is 9.90 Å². The van der Waals surface area contributed by atoms with Gasteiger partial charge in [-0.05, 0) is 13.3 Å². The summed E-state index contributed by atoms with van der Waals surface area (Å²) in [6.07, 6.45) is 0.370. The van der Waals surface area contributed by atoms with Crippen LogP contribution in [-0.2, 0) is 4.79 Å². The van der Waals surface area contributed by atoms with Crippen LogP contribution in [0.1, 0.15) is 34.1 Å². The highest BCUT2D eigenvalue weighted by atomic mass is 16.3. The maximum Gasteiger partial charge on any atom is 0.228 e. The van der Waals surface area contributed by atoms with E-state index in [1.807, 2.05) is 27.7 Å². The Balaban J connectivity index is 2.69. The first-order chi connectivity index (χ1) is 5.84. The van der Waals surface area contributed by atoms with Crippen LogP contribution in [0, 0.1) is 5.41 Å². The summed E-state index contributed by atoms with van der Waals surface area (Å²) < 4.78 is 0. The van der Waals surface area contributed by atoms with Crippen molar-refractivity contribution in [2.24, 2.45) is 5.41 Å². The van der Waals surface area contributed by atoms with Crippen LogP contribution in [0.4, 0.5) is 0 Å². The summed E-state index contributed by atoms with van der Waals surface area (Å²) in [6.45, 7) is 8.33. The quantitative estimate of drug-likeness (QED) is 0.612. The summed E-state index contributed by atoms with van der Waals surface area (Å²) in [6, 6.07) is -0.0216. The van der Waals surface area contributed by atoms with Crippen molar-refractivity contribution in [1.29, 1.82) is 0 Å². The Kier molecular flexibility index (Phi) is 2.66. The second-order valence-corrected chi connectivity index (χ2v) is 4.85. The third kappa shape index (κ3) is 2.02. The molecule has 76 valence electrons. The number of carbonyl (C=O) groups excluding carboxylic acids is 1. The van der Waals surface area contributed by atoms with Crippen molar-refractivity contribution in [3.63, 3.8) is 0 Å². The molecule has 1 saturated heterocycles. The van der Waals surface area contributed by atoms with E-state index in [0.29, 0.717) is 13.0 Å². The van der Waals surface area contributed by atoms with Gasteiger partial charge in [0.05, 0.1) is 12.1 Å². The fraction of sp³-hybridized carbons (Fsp3) is 0.900. The van der Waals surface area contributed by atoms with E-state index in [0.717, 1.165) is 0 Å². The summed E-state index contributed by atoms with van der Waals surface area (Å²) in [4.78, 5) is 13.6. The number of hydrogen-bond donors (Lipinski definition) is 1. The Labute approximate surface area is 79.7 Å². The molecule has 3 nitrogen and oxygen atoms in total. The van der Waals surface area contributed by atoms with Crippen molar-refractivity contribution in [3.8, 4) is 0 Å². The maximum atomic E-state index is 11.8. The maximum absolute atomic E-state index is 11.8. The number of aliphatic hydroxyl groups excluding tert-OH is 1. The fourth-order valence-corrected chi connectivity index (χ4v) is 1.64. The molecule has 1 N–H and O–H groups in total. The lowest BCUT2D eigenvalue weighted by molar-refractivity contribution is -0.140. The number of likely N-dealkylation sites (tertiary alicyclic amines) is 1. The van der Waals surface area contributed by atoms with Crippen LogP contribution >= 0.6 is 0 Å². The molecule has 0 aliphatic carbocycles. The number of amides is 1. The zero-order chi connectivity index (χ0) is 10.2. The largest absolute Gasteiger partial charge is 0.391 e. The van der Waals surface area contributed by atoms with Gasteiger partial charge in [0.15, 0.2) is 0 Å². The van der Waals surface area contributed by atoms with Gasteiger partial charge in [-0.15, -0.1) is 0 Å². The Morgan fingerprint density at radius 3 is 2.31 bits per heavy atom. The number of aliphatic hydroxyl groups is 1. The molecule has 1 aliphatic heterocycles. The molecule has 13 heavy (non-hydrogen) atoms. The van der Waals surface area contributed by atoms with E-state index in [-0.39, 0.29) is 23.5 Å². The van der Waals surface area contributed by atoms with Crippen molar-refractivity contribution in [3.05, 3.63) is 0 Å². The van der Waals surface area contributed by atoms with Gasteiger partial charge in [0.1, 0.15) is 0 Å². The minimum absolute atomic E-state index is 0.0216. The predicted molar refractivity (Wildman–Crippen MR) is 51.3 cm³/mol. The van der Waals surface area contributed by atoms with E-state index in [2.05, 4.69) is 0 Å². The molecule has 1 aliphatic rings. The first-order valence-corrected chi connectivity index (χ1v) is 4.83. The number of hydrogen-bond acceptors (Lipinski definition) is 2. The molecule has 2 atom stereocenters. The molecule has 1 heterocycles. The first-order valence-electron chi connectivity index (χ1n) is 4.83. The van der Waals surface area contributed by atoms with Gasteiger partial charge >= 0.3 is 0 Å². The molecule has 0 spiro atoms. The molecule has 3 heteroatoms. The van der Waals surface area contributed by atoms with E-state index in [1.54, 1.807) is 4.90 Å². The molecule has 0 saturated carbocycles. The van der Waals surface area contributed by atoms with Crippen molar-refractivity contribution in [2.45, 2.75) is 46.3 Å². The second-order valence-electron chi connectivity index (χ2n) is 4.85. The highest BCUT2D eigenvalue weighted by molar-refractivity contribution is 5.82. The highest BCUT2D eigenvalue weighted by Gasteiger charge is 2.37. The molecule has 0 aromatic heterocycles. The molecular weight excluding hydrogens is 166 g/mol. The van der Waals surface area contributed by atoms with Crippen LogP contribution in [0.25, 0.3) is 0 Å². The molecule has 0 radical (unpaired) electrons. The van der Waals surface area contributed by atoms with Gasteiger partial charge in [-0.1, -0.05) is 20.8 Å². The lowest BCUT2D eigenvalue weighted by atomic mass is 9.94. The SMILES string of the molecule is C[C@H]1[C@H](O)CCN1C(=O)C(C)(C)C. The van der Waals surface area contributed by atoms with Crippen LogP contribution in [0.5, 0.6) is 0 Å². The van der Waals surface area contributed by atoms with E-state index in [1.165, 1.54) is 0 Å². The first kappa shape index (κ1) is 10.5. The molecule has 1 amide bonds. The Bertz CT molecular complexity index is 207. The minimum Gasteiger partial charge on any atom is -0.391 e. The third-order valence-corrected chi connectivity index (χ3v) is 2.62.